The van der Waals surface area contributed by atoms with Gasteiger partial charge >= 0.3 is 0 Å². The SMILES string of the molecule is CC(C)P(=O)(c1ccc(CN)cc1)C(C)C. The molecule has 0 aromatic heterocycles. The zero-order valence-electron chi connectivity index (χ0n) is 10.6. The molecule has 0 bridgehead atoms. The average molecular weight is 239 g/mol. The largest absolute Gasteiger partial charge is 0.326 e. The van der Waals surface area contributed by atoms with Crippen molar-refractivity contribution >= 4 is 12.4 Å². The van der Waals surface area contributed by atoms with E-state index >= 15 is 0 Å². The molecule has 0 aliphatic heterocycles. The molecule has 0 aliphatic carbocycles. The van der Waals surface area contributed by atoms with Crippen LogP contribution in [-0.4, -0.2) is 11.3 Å². The molecule has 16 heavy (non-hydrogen) atoms. The standard InChI is InChI=1S/C13H22NOP/c1-10(2)16(15,11(3)4)13-7-5-12(9-14)6-8-13/h5-8,10-11H,9,14H2,1-4H3. The van der Waals surface area contributed by atoms with Crippen LogP contribution in [0.5, 0.6) is 0 Å². The molecule has 1 rings (SSSR count). The van der Waals surface area contributed by atoms with Crippen molar-refractivity contribution in [2.75, 3.05) is 0 Å². The van der Waals surface area contributed by atoms with E-state index in [0.29, 0.717) is 6.54 Å². The highest BCUT2D eigenvalue weighted by Crippen LogP contribution is 2.53. The van der Waals surface area contributed by atoms with Crippen molar-refractivity contribution in [2.24, 2.45) is 5.73 Å². The summed E-state index contributed by atoms with van der Waals surface area (Å²) in [5.41, 5.74) is 7.03. The molecule has 0 radical (unpaired) electrons. The Kier molecular flexibility index (Phi) is 4.35. The maximum absolute atomic E-state index is 13.0. The Balaban J connectivity index is 3.18. The number of benzene rings is 1. The lowest BCUT2D eigenvalue weighted by atomic mass is 10.2. The molecule has 0 heterocycles. The quantitative estimate of drug-likeness (QED) is 0.821. The van der Waals surface area contributed by atoms with E-state index in [1.54, 1.807) is 0 Å². The van der Waals surface area contributed by atoms with Gasteiger partial charge in [-0.2, -0.15) is 0 Å². The average Bonchev–Trinajstić information content (AvgIpc) is 2.27. The van der Waals surface area contributed by atoms with Gasteiger partial charge in [0.25, 0.3) is 0 Å². The van der Waals surface area contributed by atoms with Gasteiger partial charge in [-0.3, -0.25) is 0 Å². The predicted octanol–water partition coefficient (Wildman–Crippen LogP) is 2.95. The molecule has 0 unspecified atom stereocenters. The predicted molar refractivity (Wildman–Crippen MR) is 71.8 cm³/mol. The Labute approximate surface area is 98.6 Å². The maximum Gasteiger partial charge on any atom is 0.120 e. The van der Waals surface area contributed by atoms with Crippen LogP contribution in [0.1, 0.15) is 33.3 Å². The molecule has 0 saturated carbocycles. The van der Waals surface area contributed by atoms with Crippen LogP contribution in [0.25, 0.3) is 0 Å². The molecular formula is C13H22NOP. The summed E-state index contributed by atoms with van der Waals surface area (Å²) < 4.78 is 13.0. The van der Waals surface area contributed by atoms with Crippen molar-refractivity contribution in [2.45, 2.75) is 45.6 Å². The summed E-state index contributed by atoms with van der Waals surface area (Å²) in [5, 5.41) is 0.981. The Bertz CT molecular complexity index is 369. The van der Waals surface area contributed by atoms with Gasteiger partial charge in [0.05, 0.1) is 0 Å². The summed E-state index contributed by atoms with van der Waals surface area (Å²) in [6.07, 6.45) is 0. The van der Waals surface area contributed by atoms with Crippen LogP contribution in [0.2, 0.25) is 0 Å². The van der Waals surface area contributed by atoms with Gasteiger partial charge in [0.1, 0.15) is 7.14 Å². The van der Waals surface area contributed by atoms with Crippen LogP contribution in [0.15, 0.2) is 24.3 Å². The lowest BCUT2D eigenvalue weighted by Gasteiger charge is -2.26. The third kappa shape index (κ3) is 2.39. The van der Waals surface area contributed by atoms with Gasteiger partial charge in [-0.05, 0) is 5.56 Å². The molecule has 0 spiro atoms. The van der Waals surface area contributed by atoms with Crippen molar-refractivity contribution in [3.05, 3.63) is 29.8 Å². The van der Waals surface area contributed by atoms with Gasteiger partial charge in [-0.15, -0.1) is 0 Å². The summed E-state index contributed by atoms with van der Waals surface area (Å²) in [6, 6.07) is 7.91. The second-order valence-electron chi connectivity index (χ2n) is 4.77. The van der Waals surface area contributed by atoms with Gasteiger partial charge in [-0.1, -0.05) is 52.0 Å². The zero-order chi connectivity index (χ0) is 12.3. The van der Waals surface area contributed by atoms with Crippen LogP contribution in [0.3, 0.4) is 0 Å². The zero-order valence-corrected chi connectivity index (χ0v) is 11.5. The summed E-state index contributed by atoms with van der Waals surface area (Å²) in [4.78, 5) is 0. The summed E-state index contributed by atoms with van der Waals surface area (Å²) in [5.74, 6) is 0. The minimum absolute atomic E-state index is 0.191. The van der Waals surface area contributed by atoms with Crippen molar-refractivity contribution in [3.63, 3.8) is 0 Å². The molecule has 0 fully saturated rings. The Morgan fingerprint density at radius 3 is 1.81 bits per heavy atom. The van der Waals surface area contributed by atoms with Gasteiger partial charge < -0.3 is 10.3 Å². The van der Waals surface area contributed by atoms with E-state index in [-0.39, 0.29) is 11.3 Å². The second kappa shape index (κ2) is 5.16. The highest BCUT2D eigenvalue weighted by Gasteiger charge is 2.32. The van der Waals surface area contributed by atoms with E-state index in [9.17, 15) is 4.57 Å². The molecule has 1 aromatic carbocycles. The first-order valence-corrected chi connectivity index (χ1v) is 7.66. The smallest absolute Gasteiger partial charge is 0.120 e. The summed E-state index contributed by atoms with van der Waals surface area (Å²) in [7, 11) is -2.29. The molecule has 0 atom stereocenters. The van der Waals surface area contributed by atoms with Crippen LogP contribution in [0.4, 0.5) is 0 Å². The van der Waals surface area contributed by atoms with Crippen molar-refractivity contribution in [1.29, 1.82) is 0 Å². The van der Waals surface area contributed by atoms with E-state index in [1.165, 1.54) is 0 Å². The topological polar surface area (TPSA) is 43.1 Å². The number of hydrogen-bond donors (Lipinski definition) is 1. The molecule has 0 saturated heterocycles. The number of nitrogens with two attached hydrogens (primary N) is 1. The molecule has 2 N–H and O–H groups in total. The third-order valence-electron chi connectivity index (χ3n) is 3.11. The van der Waals surface area contributed by atoms with Gasteiger partial charge in [-0.25, -0.2) is 0 Å². The van der Waals surface area contributed by atoms with Crippen LogP contribution in [-0.2, 0) is 11.1 Å². The fraction of sp³-hybridized carbons (Fsp3) is 0.538. The van der Waals surface area contributed by atoms with Gasteiger partial charge in [0.2, 0.25) is 0 Å². The minimum Gasteiger partial charge on any atom is -0.326 e. The number of hydrogen-bond acceptors (Lipinski definition) is 2. The van der Waals surface area contributed by atoms with E-state index in [2.05, 4.69) is 0 Å². The maximum atomic E-state index is 13.0. The van der Waals surface area contributed by atoms with Crippen molar-refractivity contribution in [3.8, 4) is 0 Å². The molecule has 3 heteroatoms. The summed E-state index contributed by atoms with van der Waals surface area (Å²) >= 11 is 0. The summed E-state index contributed by atoms with van der Waals surface area (Å²) in [6.45, 7) is 8.69. The Hall–Kier alpha value is -0.590. The lowest BCUT2D eigenvalue weighted by Crippen LogP contribution is -2.19. The normalized spacial score (nSPS) is 12.4. The fourth-order valence-electron chi connectivity index (χ4n) is 2.06. The Morgan fingerprint density at radius 1 is 1.06 bits per heavy atom. The number of rotatable bonds is 4. The van der Waals surface area contributed by atoms with Crippen LogP contribution in [0, 0.1) is 0 Å². The first kappa shape index (κ1) is 13.5. The Morgan fingerprint density at radius 2 is 1.50 bits per heavy atom. The second-order valence-corrected chi connectivity index (χ2v) is 8.77. The molecule has 1 aromatic rings. The van der Waals surface area contributed by atoms with Crippen LogP contribution < -0.4 is 11.0 Å². The highest BCUT2D eigenvalue weighted by atomic mass is 31.2. The first-order chi connectivity index (χ1) is 7.42. The van der Waals surface area contributed by atoms with Crippen LogP contribution >= 0.6 is 7.14 Å². The highest BCUT2D eigenvalue weighted by molar-refractivity contribution is 7.72. The molecular weight excluding hydrogens is 217 g/mol. The van der Waals surface area contributed by atoms with E-state index in [0.717, 1.165) is 10.9 Å². The molecule has 0 aliphatic rings. The van der Waals surface area contributed by atoms with E-state index in [4.69, 9.17) is 5.73 Å². The van der Waals surface area contributed by atoms with Crippen molar-refractivity contribution < 1.29 is 4.57 Å². The lowest BCUT2D eigenvalue weighted by molar-refractivity contribution is 0.569. The van der Waals surface area contributed by atoms with E-state index in [1.807, 2.05) is 52.0 Å². The molecule has 2 nitrogen and oxygen atoms in total. The fourth-order valence-corrected chi connectivity index (χ4v) is 5.06. The molecule has 90 valence electrons. The molecule has 0 amide bonds. The first-order valence-electron chi connectivity index (χ1n) is 5.82. The van der Waals surface area contributed by atoms with Crippen molar-refractivity contribution in [1.82, 2.24) is 0 Å². The van der Waals surface area contributed by atoms with E-state index < -0.39 is 7.14 Å². The monoisotopic (exact) mass is 239 g/mol. The third-order valence-corrected chi connectivity index (χ3v) is 7.28. The van der Waals surface area contributed by atoms with Gasteiger partial charge in [0.15, 0.2) is 0 Å². The minimum atomic E-state index is -2.29. The van der Waals surface area contributed by atoms with Gasteiger partial charge in [0, 0.05) is 23.2 Å².